The van der Waals surface area contributed by atoms with Gasteiger partial charge in [0.25, 0.3) is 0 Å². The van der Waals surface area contributed by atoms with Gasteiger partial charge < -0.3 is 10.5 Å². The molecule has 1 heterocycles. The molecule has 0 bridgehead atoms. The summed E-state index contributed by atoms with van der Waals surface area (Å²) in [6, 6.07) is 7.43. The second-order valence-electron chi connectivity index (χ2n) is 5.16. The van der Waals surface area contributed by atoms with Gasteiger partial charge in [0.05, 0.1) is 5.56 Å². The summed E-state index contributed by atoms with van der Waals surface area (Å²) in [5.41, 5.74) is 5.28. The zero-order chi connectivity index (χ0) is 15.9. The number of ether oxygens (including phenoxy) is 1. The molecule has 0 saturated heterocycles. The Kier molecular flexibility index (Phi) is 3.56. The van der Waals surface area contributed by atoms with E-state index in [0.717, 1.165) is 12.1 Å². The minimum atomic E-state index is -4.53. The van der Waals surface area contributed by atoms with Gasteiger partial charge in [0.15, 0.2) is 0 Å². The lowest BCUT2D eigenvalue weighted by Crippen LogP contribution is -2.24. The van der Waals surface area contributed by atoms with E-state index >= 15 is 0 Å². The van der Waals surface area contributed by atoms with Crippen LogP contribution < -0.4 is 10.5 Å². The van der Waals surface area contributed by atoms with Gasteiger partial charge in [-0.05, 0) is 23.8 Å². The van der Waals surface area contributed by atoms with Crippen LogP contribution in [0, 0.1) is 5.82 Å². The summed E-state index contributed by atoms with van der Waals surface area (Å²) in [6.45, 7) is 0.219. The van der Waals surface area contributed by atoms with Crippen LogP contribution in [0.25, 0.3) is 11.1 Å². The van der Waals surface area contributed by atoms with Crippen molar-refractivity contribution in [2.45, 2.75) is 18.7 Å². The van der Waals surface area contributed by atoms with Gasteiger partial charge in [-0.2, -0.15) is 13.2 Å². The fourth-order valence-corrected chi connectivity index (χ4v) is 2.69. The van der Waals surface area contributed by atoms with Crippen molar-refractivity contribution < 1.29 is 22.3 Å². The highest BCUT2D eigenvalue weighted by Gasteiger charge is 2.35. The monoisotopic (exact) mass is 311 g/mol. The van der Waals surface area contributed by atoms with Gasteiger partial charge in [-0.15, -0.1) is 0 Å². The lowest BCUT2D eigenvalue weighted by molar-refractivity contribution is -0.137. The van der Waals surface area contributed by atoms with Crippen molar-refractivity contribution in [3.63, 3.8) is 0 Å². The highest BCUT2D eigenvalue weighted by molar-refractivity contribution is 5.76. The van der Waals surface area contributed by atoms with E-state index in [0.29, 0.717) is 12.0 Å². The predicted octanol–water partition coefficient (Wildman–Crippen LogP) is 3.77. The van der Waals surface area contributed by atoms with E-state index in [1.807, 2.05) is 0 Å². The van der Waals surface area contributed by atoms with E-state index in [1.54, 1.807) is 0 Å². The molecule has 22 heavy (non-hydrogen) atoms. The molecule has 0 fully saturated rings. The third-order valence-electron chi connectivity index (χ3n) is 3.65. The first kappa shape index (κ1) is 14.8. The fourth-order valence-electron chi connectivity index (χ4n) is 2.69. The lowest BCUT2D eigenvalue weighted by Gasteiger charge is -2.16. The maximum Gasteiger partial charge on any atom is 0.417 e. The predicted molar refractivity (Wildman–Crippen MR) is 74.0 cm³/mol. The second-order valence-corrected chi connectivity index (χ2v) is 5.16. The molecular weight excluding hydrogens is 298 g/mol. The van der Waals surface area contributed by atoms with Crippen LogP contribution in [0.3, 0.4) is 0 Å². The van der Waals surface area contributed by atoms with Crippen molar-refractivity contribution in [1.82, 2.24) is 0 Å². The Morgan fingerprint density at radius 1 is 1.14 bits per heavy atom. The van der Waals surface area contributed by atoms with Crippen molar-refractivity contribution in [1.29, 1.82) is 0 Å². The maximum absolute atomic E-state index is 13.8. The van der Waals surface area contributed by atoms with Gasteiger partial charge in [0.2, 0.25) is 0 Å². The SMILES string of the molecule is NCC1Cc2cc(F)cc(-c3ccccc3C(F)(F)F)c2O1. The highest BCUT2D eigenvalue weighted by Crippen LogP contribution is 2.44. The van der Waals surface area contributed by atoms with Crippen LogP contribution in [-0.4, -0.2) is 12.6 Å². The lowest BCUT2D eigenvalue weighted by atomic mass is 9.96. The molecule has 3 rings (SSSR count). The molecule has 0 aliphatic carbocycles. The molecule has 6 heteroatoms. The largest absolute Gasteiger partial charge is 0.488 e. The van der Waals surface area contributed by atoms with Crippen LogP contribution in [0.15, 0.2) is 36.4 Å². The third-order valence-corrected chi connectivity index (χ3v) is 3.65. The number of alkyl halides is 3. The standard InChI is InChI=1S/C16H13F4NO/c17-10-5-9-6-11(8-21)22-15(9)13(7-10)12-3-1-2-4-14(12)16(18,19)20/h1-5,7,11H,6,8,21H2. The second kappa shape index (κ2) is 5.28. The molecule has 1 atom stereocenters. The number of hydrogen-bond donors (Lipinski definition) is 1. The van der Waals surface area contributed by atoms with Crippen LogP contribution in [0.4, 0.5) is 17.6 Å². The third kappa shape index (κ3) is 2.54. The van der Waals surface area contributed by atoms with E-state index in [-0.39, 0.29) is 29.5 Å². The topological polar surface area (TPSA) is 35.2 Å². The van der Waals surface area contributed by atoms with E-state index in [9.17, 15) is 17.6 Å². The Hall–Kier alpha value is -2.08. The molecule has 0 saturated carbocycles. The summed E-state index contributed by atoms with van der Waals surface area (Å²) in [5.74, 6) is -0.305. The van der Waals surface area contributed by atoms with Gasteiger partial charge in [0, 0.05) is 24.1 Å². The molecule has 116 valence electrons. The zero-order valence-corrected chi connectivity index (χ0v) is 11.5. The molecule has 1 unspecified atom stereocenters. The first-order chi connectivity index (χ1) is 10.4. The average molecular weight is 311 g/mol. The summed E-state index contributed by atoms with van der Waals surface area (Å²) in [4.78, 5) is 0. The molecular formula is C16H13F4NO. The molecule has 0 spiro atoms. The van der Waals surface area contributed by atoms with Crippen molar-refractivity contribution in [3.8, 4) is 16.9 Å². The number of nitrogens with two attached hydrogens (primary N) is 1. The summed E-state index contributed by atoms with van der Waals surface area (Å²) in [5, 5.41) is 0. The summed E-state index contributed by atoms with van der Waals surface area (Å²) >= 11 is 0. The van der Waals surface area contributed by atoms with E-state index in [4.69, 9.17) is 10.5 Å². The molecule has 0 aromatic heterocycles. The van der Waals surface area contributed by atoms with Crippen molar-refractivity contribution in [2.24, 2.45) is 5.73 Å². The van der Waals surface area contributed by atoms with Crippen molar-refractivity contribution in [2.75, 3.05) is 6.54 Å². The highest BCUT2D eigenvalue weighted by atomic mass is 19.4. The molecule has 2 aromatic rings. The molecule has 1 aliphatic heterocycles. The number of hydrogen-bond acceptors (Lipinski definition) is 2. The molecule has 1 aliphatic rings. The van der Waals surface area contributed by atoms with Crippen LogP contribution in [0.5, 0.6) is 5.75 Å². The summed E-state index contributed by atoms with van der Waals surface area (Å²) in [6.07, 6.45) is -4.47. The van der Waals surface area contributed by atoms with Crippen LogP contribution >= 0.6 is 0 Å². The zero-order valence-electron chi connectivity index (χ0n) is 11.5. The molecule has 0 amide bonds. The van der Waals surface area contributed by atoms with Crippen molar-refractivity contribution in [3.05, 3.63) is 53.3 Å². The van der Waals surface area contributed by atoms with Crippen molar-refractivity contribution >= 4 is 0 Å². The van der Waals surface area contributed by atoms with Gasteiger partial charge in [0.1, 0.15) is 17.7 Å². The van der Waals surface area contributed by atoms with E-state index in [1.165, 1.54) is 24.3 Å². The molecule has 2 N–H and O–H groups in total. The van der Waals surface area contributed by atoms with Gasteiger partial charge in [-0.25, -0.2) is 4.39 Å². The number of fused-ring (bicyclic) bond motifs is 1. The van der Waals surface area contributed by atoms with Crippen LogP contribution in [0.1, 0.15) is 11.1 Å². The van der Waals surface area contributed by atoms with Crippen LogP contribution in [0.2, 0.25) is 0 Å². The Morgan fingerprint density at radius 2 is 1.86 bits per heavy atom. The number of benzene rings is 2. The first-order valence-corrected chi connectivity index (χ1v) is 6.76. The average Bonchev–Trinajstić information content (AvgIpc) is 2.88. The molecule has 2 nitrogen and oxygen atoms in total. The van der Waals surface area contributed by atoms with Gasteiger partial charge in [-0.3, -0.25) is 0 Å². The normalized spacial score (nSPS) is 17.2. The number of rotatable bonds is 2. The quantitative estimate of drug-likeness (QED) is 0.857. The molecule has 2 aromatic carbocycles. The van der Waals surface area contributed by atoms with E-state index in [2.05, 4.69) is 0 Å². The Bertz CT molecular complexity index is 712. The van der Waals surface area contributed by atoms with Gasteiger partial charge >= 0.3 is 6.18 Å². The van der Waals surface area contributed by atoms with Crippen LogP contribution in [-0.2, 0) is 12.6 Å². The fraction of sp³-hybridized carbons (Fsp3) is 0.250. The Labute approximate surface area is 124 Å². The van der Waals surface area contributed by atoms with Gasteiger partial charge in [-0.1, -0.05) is 18.2 Å². The maximum atomic E-state index is 13.8. The van der Waals surface area contributed by atoms with E-state index < -0.39 is 17.6 Å². The Balaban J connectivity index is 2.20. The minimum absolute atomic E-state index is 0.0941. The first-order valence-electron chi connectivity index (χ1n) is 6.76. The summed E-state index contributed by atoms with van der Waals surface area (Å²) < 4.78 is 58.9. The minimum Gasteiger partial charge on any atom is -0.488 e. The summed E-state index contributed by atoms with van der Waals surface area (Å²) in [7, 11) is 0. The Morgan fingerprint density at radius 3 is 2.55 bits per heavy atom. The molecule has 0 radical (unpaired) electrons. The number of halogens is 4. The smallest absolute Gasteiger partial charge is 0.417 e.